The standard InChI is InChI=1S/C14H21N3O4/c1-8(2)16-11(14(15)18)7-21-13-6-12(17(19)20)9(3)5-10(13)4/h5-6,8,11,16H,7H2,1-4H3,(H2,15,18). The Morgan fingerprint density at radius 3 is 2.48 bits per heavy atom. The first-order chi connectivity index (χ1) is 9.72. The number of nitrogens with two attached hydrogens (primary N) is 1. The highest BCUT2D eigenvalue weighted by Gasteiger charge is 2.19. The number of carbonyl (C=O) groups is 1. The summed E-state index contributed by atoms with van der Waals surface area (Å²) in [6, 6.07) is 2.48. The van der Waals surface area contributed by atoms with Gasteiger partial charge in [0, 0.05) is 11.6 Å². The van der Waals surface area contributed by atoms with E-state index >= 15 is 0 Å². The van der Waals surface area contributed by atoms with Gasteiger partial charge in [0.1, 0.15) is 18.4 Å². The number of carbonyl (C=O) groups excluding carboxylic acids is 1. The number of nitrogens with zero attached hydrogens (tertiary/aromatic N) is 1. The Balaban J connectivity index is 2.89. The van der Waals surface area contributed by atoms with Gasteiger partial charge in [0.2, 0.25) is 5.91 Å². The van der Waals surface area contributed by atoms with E-state index in [0.29, 0.717) is 11.3 Å². The van der Waals surface area contributed by atoms with Gasteiger partial charge < -0.3 is 15.8 Å². The van der Waals surface area contributed by atoms with Gasteiger partial charge in [-0.3, -0.25) is 14.9 Å². The van der Waals surface area contributed by atoms with Crippen LogP contribution in [0.5, 0.6) is 5.75 Å². The molecule has 0 radical (unpaired) electrons. The molecule has 0 aliphatic carbocycles. The fourth-order valence-electron chi connectivity index (χ4n) is 1.96. The molecule has 1 aromatic carbocycles. The van der Waals surface area contributed by atoms with E-state index in [1.807, 2.05) is 13.8 Å². The second-order valence-electron chi connectivity index (χ2n) is 5.25. The maximum absolute atomic E-state index is 11.3. The Morgan fingerprint density at radius 2 is 2.00 bits per heavy atom. The number of benzene rings is 1. The molecule has 1 unspecified atom stereocenters. The van der Waals surface area contributed by atoms with E-state index < -0.39 is 16.9 Å². The lowest BCUT2D eigenvalue weighted by Crippen LogP contribution is -2.48. The molecule has 0 spiro atoms. The number of aryl methyl sites for hydroxylation is 2. The van der Waals surface area contributed by atoms with Crippen LogP contribution in [0.3, 0.4) is 0 Å². The number of rotatable bonds is 7. The van der Waals surface area contributed by atoms with E-state index in [0.717, 1.165) is 5.56 Å². The van der Waals surface area contributed by atoms with Crippen molar-refractivity contribution in [1.29, 1.82) is 0 Å². The summed E-state index contributed by atoms with van der Waals surface area (Å²) < 4.78 is 5.54. The topological polar surface area (TPSA) is 107 Å². The van der Waals surface area contributed by atoms with Gasteiger partial charge in [0.15, 0.2) is 0 Å². The lowest BCUT2D eigenvalue weighted by Gasteiger charge is -2.19. The molecule has 0 saturated heterocycles. The molecule has 7 nitrogen and oxygen atoms in total. The van der Waals surface area contributed by atoms with Gasteiger partial charge >= 0.3 is 0 Å². The molecule has 0 saturated carbocycles. The molecular weight excluding hydrogens is 274 g/mol. The number of nitro groups is 1. The van der Waals surface area contributed by atoms with E-state index in [2.05, 4.69) is 5.32 Å². The number of amides is 1. The van der Waals surface area contributed by atoms with Crippen molar-refractivity contribution in [3.8, 4) is 5.75 Å². The van der Waals surface area contributed by atoms with Crippen molar-refractivity contribution in [3.05, 3.63) is 33.4 Å². The van der Waals surface area contributed by atoms with Gasteiger partial charge in [0.25, 0.3) is 5.69 Å². The zero-order chi connectivity index (χ0) is 16.2. The van der Waals surface area contributed by atoms with Crippen LogP contribution in [0.4, 0.5) is 5.69 Å². The minimum atomic E-state index is -0.648. The van der Waals surface area contributed by atoms with E-state index in [9.17, 15) is 14.9 Å². The highest BCUT2D eigenvalue weighted by Crippen LogP contribution is 2.28. The zero-order valence-electron chi connectivity index (χ0n) is 12.7. The molecule has 3 N–H and O–H groups in total. The van der Waals surface area contributed by atoms with Crippen molar-refractivity contribution in [3.63, 3.8) is 0 Å². The molecule has 0 aliphatic rings. The van der Waals surface area contributed by atoms with Gasteiger partial charge in [0.05, 0.1) is 11.0 Å². The van der Waals surface area contributed by atoms with E-state index in [1.165, 1.54) is 6.07 Å². The third kappa shape index (κ3) is 4.71. The summed E-state index contributed by atoms with van der Waals surface area (Å²) in [5.41, 5.74) is 6.62. The van der Waals surface area contributed by atoms with Gasteiger partial charge in [-0.15, -0.1) is 0 Å². The first-order valence-corrected chi connectivity index (χ1v) is 6.66. The van der Waals surface area contributed by atoms with Gasteiger partial charge in [-0.25, -0.2) is 0 Å². The van der Waals surface area contributed by atoms with Gasteiger partial charge in [-0.2, -0.15) is 0 Å². The minimum absolute atomic E-state index is 0.0111. The second kappa shape index (κ2) is 7.03. The van der Waals surface area contributed by atoms with Crippen molar-refractivity contribution in [2.75, 3.05) is 6.61 Å². The summed E-state index contributed by atoms with van der Waals surface area (Å²) in [6.07, 6.45) is 0. The number of nitrogens with one attached hydrogen (secondary N) is 1. The minimum Gasteiger partial charge on any atom is -0.491 e. The van der Waals surface area contributed by atoms with Crippen molar-refractivity contribution < 1.29 is 14.5 Å². The van der Waals surface area contributed by atoms with Crippen molar-refractivity contribution in [2.45, 2.75) is 39.8 Å². The molecular formula is C14H21N3O4. The van der Waals surface area contributed by atoms with Crippen LogP contribution in [0.25, 0.3) is 0 Å². The van der Waals surface area contributed by atoms with Crippen molar-refractivity contribution in [2.24, 2.45) is 5.73 Å². The number of nitro benzene ring substituents is 1. The lowest BCUT2D eigenvalue weighted by atomic mass is 10.1. The average molecular weight is 295 g/mol. The normalized spacial score (nSPS) is 12.2. The smallest absolute Gasteiger partial charge is 0.276 e. The monoisotopic (exact) mass is 295 g/mol. The maximum Gasteiger partial charge on any atom is 0.276 e. The fraction of sp³-hybridized carbons (Fsp3) is 0.500. The third-order valence-corrected chi connectivity index (χ3v) is 2.97. The van der Waals surface area contributed by atoms with Crippen LogP contribution in [0.15, 0.2) is 12.1 Å². The Bertz CT molecular complexity index is 543. The first-order valence-electron chi connectivity index (χ1n) is 6.66. The Kier molecular flexibility index (Phi) is 5.66. The average Bonchev–Trinajstić information content (AvgIpc) is 2.34. The second-order valence-corrected chi connectivity index (χ2v) is 5.25. The van der Waals surface area contributed by atoms with Crippen LogP contribution < -0.4 is 15.8 Å². The summed E-state index contributed by atoms with van der Waals surface area (Å²) in [5, 5.41) is 13.9. The van der Waals surface area contributed by atoms with Crippen LogP contribution in [0.2, 0.25) is 0 Å². The summed E-state index contributed by atoms with van der Waals surface area (Å²) in [4.78, 5) is 21.8. The van der Waals surface area contributed by atoms with Crippen LogP contribution in [0.1, 0.15) is 25.0 Å². The highest BCUT2D eigenvalue weighted by atomic mass is 16.6. The predicted molar refractivity (Wildman–Crippen MR) is 79.3 cm³/mol. The van der Waals surface area contributed by atoms with Crippen molar-refractivity contribution >= 4 is 11.6 Å². The van der Waals surface area contributed by atoms with E-state index in [4.69, 9.17) is 10.5 Å². The maximum atomic E-state index is 11.3. The summed E-state index contributed by atoms with van der Waals surface area (Å²) in [7, 11) is 0. The zero-order valence-corrected chi connectivity index (χ0v) is 12.7. The number of hydrogen-bond acceptors (Lipinski definition) is 5. The van der Waals surface area contributed by atoms with Crippen LogP contribution in [-0.4, -0.2) is 29.5 Å². The van der Waals surface area contributed by atoms with Gasteiger partial charge in [-0.1, -0.05) is 13.8 Å². The molecule has 1 rings (SSSR count). The molecule has 0 aromatic heterocycles. The molecule has 7 heteroatoms. The lowest BCUT2D eigenvalue weighted by molar-refractivity contribution is -0.385. The van der Waals surface area contributed by atoms with E-state index in [-0.39, 0.29) is 18.3 Å². The summed E-state index contributed by atoms with van der Waals surface area (Å²) >= 11 is 0. The predicted octanol–water partition coefficient (Wildman–Crippen LogP) is 1.44. The SMILES string of the molecule is Cc1cc(C)c([N+](=O)[O-])cc1OCC(NC(C)C)C(N)=O. The van der Waals surface area contributed by atoms with E-state index in [1.54, 1.807) is 19.9 Å². The quantitative estimate of drug-likeness (QED) is 0.584. The van der Waals surface area contributed by atoms with Gasteiger partial charge in [-0.05, 0) is 25.5 Å². The Labute approximate surface area is 123 Å². The summed E-state index contributed by atoms with van der Waals surface area (Å²) in [6.45, 7) is 7.26. The number of ether oxygens (including phenoxy) is 1. The molecule has 1 amide bonds. The molecule has 116 valence electrons. The van der Waals surface area contributed by atoms with Crippen LogP contribution in [0, 0.1) is 24.0 Å². The number of primary amides is 1. The largest absolute Gasteiger partial charge is 0.491 e. The Hall–Kier alpha value is -2.15. The molecule has 0 heterocycles. The third-order valence-electron chi connectivity index (χ3n) is 2.97. The van der Waals surface area contributed by atoms with Crippen LogP contribution in [-0.2, 0) is 4.79 Å². The Morgan fingerprint density at radius 1 is 1.38 bits per heavy atom. The van der Waals surface area contributed by atoms with Crippen molar-refractivity contribution in [1.82, 2.24) is 5.32 Å². The fourth-order valence-corrected chi connectivity index (χ4v) is 1.96. The molecule has 21 heavy (non-hydrogen) atoms. The molecule has 1 aromatic rings. The number of hydrogen-bond donors (Lipinski definition) is 2. The molecule has 0 aliphatic heterocycles. The molecule has 0 fully saturated rings. The molecule has 0 bridgehead atoms. The first kappa shape index (κ1) is 16.9. The summed E-state index contributed by atoms with van der Waals surface area (Å²) in [5.74, 6) is -0.146. The van der Waals surface area contributed by atoms with Crippen LogP contribution >= 0.6 is 0 Å². The molecule has 1 atom stereocenters. The highest BCUT2D eigenvalue weighted by molar-refractivity contribution is 5.80.